The van der Waals surface area contributed by atoms with Crippen LogP contribution in [0.4, 0.5) is 10.1 Å². The summed E-state index contributed by atoms with van der Waals surface area (Å²) in [4.78, 5) is 24.3. The Balaban J connectivity index is 1.85. The van der Waals surface area contributed by atoms with Crippen LogP contribution in [0.25, 0.3) is 0 Å². The SMILES string of the molecule is O=C(CN1CCOC(C(=O)O)C1)Nc1ccc(F)cc1. The standard InChI is InChI=1S/C13H15FN2O4/c14-9-1-3-10(4-2-9)15-12(17)8-16-5-6-20-11(7-16)13(18)19/h1-4,11H,5-8H2,(H,15,17)(H,18,19). The van der Waals surface area contributed by atoms with E-state index in [4.69, 9.17) is 9.84 Å². The zero-order valence-corrected chi connectivity index (χ0v) is 10.7. The summed E-state index contributed by atoms with van der Waals surface area (Å²) in [5.74, 6) is -1.68. The zero-order valence-electron chi connectivity index (χ0n) is 10.7. The molecule has 20 heavy (non-hydrogen) atoms. The molecule has 1 aromatic carbocycles. The van der Waals surface area contributed by atoms with Gasteiger partial charge in [0, 0.05) is 18.8 Å². The minimum Gasteiger partial charge on any atom is -0.479 e. The lowest BCUT2D eigenvalue weighted by Gasteiger charge is -2.30. The highest BCUT2D eigenvalue weighted by Crippen LogP contribution is 2.09. The average Bonchev–Trinajstić information content (AvgIpc) is 2.41. The van der Waals surface area contributed by atoms with E-state index < -0.39 is 12.1 Å². The molecule has 0 aromatic heterocycles. The summed E-state index contributed by atoms with van der Waals surface area (Å²) in [5, 5.41) is 11.5. The highest BCUT2D eigenvalue weighted by atomic mass is 19.1. The summed E-state index contributed by atoms with van der Waals surface area (Å²) in [6.07, 6.45) is -0.901. The number of morpholine rings is 1. The van der Waals surface area contributed by atoms with Gasteiger partial charge in [0.15, 0.2) is 6.10 Å². The lowest BCUT2D eigenvalue weighted by Crippen LogP contribution is -2.48. The molecule has 2 rings (SSSR count). The molecule has 1 unspecified atom stereocenters. The molecule has 1 saturated heterocycles. The van der Waals surface area contributed by atoms with Gasteiger partial charge < -0.3 is 15.2 Å². The molecule has 0 saturated carbocycles. The first kappa shape index (κ1) is 14.4. The van der Waals surface area contributed by atoms with Crippen LogP contribution in [-0.4, -0.2) is 54.2 Å². The molecule has 1 aliphatic heterocycles. The number of hydrogen-bond acceptors (Lipinski definition) is 4. The first-order chi connectivity index (χ1) is 9.54. The molecule has 108 valence electrons. The van der Waals surface area contributed by atoms with Gasteiger partial charge in [0.1, 0.15) is 5.82 Å². The number of anilines is 1. The summed E-state index contributed by atoms with van der Waals surface area (Å²) in [6.45, 7) is 1.03. The van der Waals surface area contributed by atoms with E-state index in [2.05, 4.69) is 5.32 Å². The van der Waals surface area contributed by atoms with Gasteiger partial charge in [-0.3, -0.25) is 9.69 Å². The second-order valence-electron chi connectivity index (χ2n) is 4.49. The zero-order chi connectivity index (χ0) is 14.5. The number of carbonyl (C=O) groups is 2. The van der Waals surface area contributed by atoms with Gasteiger partial charge in [-0.05, 0) is 24.3 Å². The predicted octanol–water partition coefficient (Wildman–Crippen LogP) is 0.550. The van der Waals surface area contributed by atoms with Crippen molar-refractivity contribution < 1.29 is 23.8 Å². The molecule has 7 heteroatoms. The molecule has 0 spiro atoms. The van der Waals surface area contributed by atoms with E-state index in [-0.39, 0.29) is 31.4 Å². The van der Waals surface area contributed by atoms with Gasteiger partial charge in [-0.25, -0.2) is 9.18 Å². The van der Waals surface area contributed by atoms with Crippen molar-refractivity contribution >= 4 is 17.6 Å². The number of amides is 1. The molecular formula is C13H15FN2O4. The van der Waals surface area contributed by atoms with E-state index in [9.17, 15) is 14.0 Å². The molecule has 1 atom stereocenters. The highest BCUT2D eigenvalue weighted by Gasteiger charge is 2.27. The van der Waals surface area contributed by atoms with Crippen LogP contribution in [0.3, 0.4) is 0 Å². The fourth-order valence-electron chi connectivity index (χ4n) is 1.93. The second kappa shape index (κ2) is 6.44. The quantitative estimate of drug-likeness (QED) is 0.843. The van der Waals surface area contributed by atoms with Crippen molar-refractivity contribution in [2.75, 3.05) is 31.6 Å². The van der Waals surface area contributed by atoms with Gasteiger partial charge in [0.2, 0.25) is 5.91 Å². The Morgan fingerprint density at radius 1 is 1.40 bits per heavy atom. The van der Waals surface area contributed by atoms with Crippen LogP contribution < -0.4 is 5.32 Å². The third kappa shape index (κ3) is 4.01. The van der Waals surface area contributed by atoms with Crippen molar-refractivity contribution in [2.24, 2.45) is 0 Å². The largest absolute Gasteiger partial charge is 0.479 e. The van der Waals surface area contributed by atoms with E-state index in [0.717, 1.165) is 0 Å². The Labute approximate surface area is 115 Å². The van der Waals surface area contributed by atoms with Gasteiger partial charge >= 0.3 is 5.97 Å². The van der Waals surface area contributed by atoms with Crippen molar-refractivity contribution in [1.82, 2.24) is 4.90 Å². The van der Waals surface area contributed by atoms with Crippen molar-refractivity contribution in [3.05, 3.63) is 30.1 Å². The number of benzene rings is 1. The Kier molecular flexibility index (Phi) is 4.65. The Hall–Kier alpha value is -1.99. The second-order valence-corrected chi connectivity index (χ2v) is 4.49. The average molecular weight is 282 g/mol. The summed E-state index contributed by atoms with van der Waals surface area (Å²) < 4.78 is 17.8. The maximum atomic E-state index is 12.7. The van der Waals surface area contributed by atoms with Crippen molar-refractivity contribution in [1.29, 1.82) is 0 Å². The van der Waals surface area contributed by atoms with Crippen LogP contribution in [0.1, 0.15) is 0 Å². The molecular weight excluding hydrogens is 267 g/mol. The fraction of sp³-hybridized carbons (Fsp3) is 0.385. The molecule has 0 aliphatic carbocycles. The van der Waals surface area contributed by atoms with Crippen LogP contribution in [-0.2, 0) is 14.3 Å². The number of hydrogen-bond donors (Lipinski definition) is 2. The number of rotatable bonds is 4. The summed E-state index contributed by atoms with van der Waals surface area (Å²) in [7, 11) is 0. The molecule has 1 fully saturated rings. The Morgan fingerprint density at radius 2 is 2.10 bits per heavy atom. The van der Waals surface area contributed by atoms with Crippen LogP contribution >= 0.6 is 0 Å². The number of halogens is 1. The number of carboxylic acid groups (broad SMARTS) is 1. The van der Waals surface area contributed by atoms with E-state index in [1.54, 1.807) is 4.90 Å². The first-order valence-electron chi connectivity index (χ1n) is 6.17. The summed E-state index contributed by atoms with van der Waals surface area (Å²) >= 11 is 0. The number of aliphatic carboxylic acids is 1. The van der Waals surface area contributed by atoms with Crippen molar-refractivity contribution in [3.63, 3.8) is 0 Å². The monoisotopic (exact) mass is 282 g/mol. The third-order valence-electron chi connectivity index (χ3n) is 2.92. The number of carbonyl (C=O) groups excluding carboxylic acids is 1. The number of nitrogens with zero attached hydrogens (tertiary/aromatic N) is 1. The molecule has 1 amide bonds. The van der Waals surface area contributed by atoms with E-state index >= 15 is 0 Å². The van der Waals surface area contributed by atoms with E-state index in [1.165, 1.54) is 24.3 Å². The van der Waals surface area contributed by atoms with E-state index in [1.807, 2.05) is 0 Å². The molecule has 1 heterocycles. The maximum Gasteiger partial charge on any atom is 0.334 e. The number of ether oxygens (including phenoxy) is 1. The molecule has 1 aromatic rings. The summed E-state index contributed by atoms with van der Waals surface area (Å²) in [6, 6.07) is 5.44. The minimum absolute atomic E-state index is 0.0739. The summed E-state index contributed by atoms with van der Waals surface area (Å²) in [5.41, 5.74) is 0.499. The Bertz CT molecular complexity index is 492. The Morgan fingerprint density at radius 3 is 2.75 bits per heavy atom. The van der Waals surface area contributed by atoms with Gasteiger partial charge in [-0.2, -0.15) is 0 Å². The minimum atomic E-state index is -1.03. The van der Waals surface area contributed by atoms with Crippen LogP contribution in [0, 0.1) is 5.82 Å². The highest BCUT2D eigenvalue weighted by molar-refractivity contribution is 5.92. The maximum absolute atomic E-state index is 12.7. The first-order valence-corrected chi connectivity index (χ1v) is 6.17. The van der Waals surface area contributed by atoms with E-state index in [0.29, 0.717) is 12.2 Å². The topological polar surface area (TPSA) is 78.9 Å². The normalized spacial score (nSPS) is 19.6. The van der Waals surface area contributed by atoms with Gasteiger partial charge in [0.25, 0.3) is 0 Å². The van der Waals surface area contributed by atoms with Crippen LogP contribution in [0.5, 0.6) is 0 Å². The lowest BCUT2D eigenvalue weighted by atomic mass is 10.2. The predicted molar refractivity (Wildman–Crippen MR) is 68.8 cm³/mol. The van der Waals surface area contributed by atoms with Gasteiger partial charge in [-0.15, -0.1) is 0 Å². The molecule has 1 aliphatic rings. The number of carboxylic acids is 1. The third-order valence-corrected chi connectivity index (χ3v) is 2.92. The van der Waals surface area contributed by atoms with Crippen molar-refractivity contribution in [2.45, 2.75) is 6.10 Å². The fourth-order valence-corrected chi connectivity index (χ4v) is 1.93. The number of nitrogens with one attached hydrogen (secondary N) is 1. The molecule has 0 radical (unpaired) electrons. The van der Waals surface area contributed by atoms with Crippen LogP contribution in [0.15, 0.2) is 24.3 Å². The van der Waals surface area contributed by atoms with Gasteiger partial charge in [0.05, 0.1) is 13.2 Å². The molecule has 6 nitrogen and oxygen atoms in total. The van der Waals surface area contributed by atoms with Crippen LogP contribution in [0.2, 0.25) is 0 Å². The van der Waals surface area contributed by atoms with Gasteiger partial charge in [-0.1, -0.05) is 0 Å². The smallest absolute Gasteiger partial charge is 0.334 e. The lowest BCUT2D eigenvalue weighted by molar-refractivity contribution is -0.156. The van der Waals surface area contributed by atoms with Crippen molar-refractivity contribution in [3.8, 4) is 0 Å². The molecule has 0 bridgehead atoms. The molecule has 2 N–H and O–H groups in total.